The summed E-state index contributed by atoms with van der Waals surface area (Å²) in [5, 5.41) is 15.2. The largest absolute Gasteiger partial charge is 0.396 e. The van der Waals surface area contributed by atoms with E-state index in [4.69, 9.17) is 5.11 Å². The van der Waals surface area contributed by atoms with Crippen molar-refractivity contribution in [3.63, 3.8) is 0 Å². The predicted molar refractivity (Wildman–Crippen MR) is 38.6 cm³/mol. The number of aliphatic hydroxyl groups is 1. The Kier molecular flexibility index (Phi) is 2.96. The van der Waals surface area contributed by atoms with Gasteiger partial charge in [0, 0.05) is 12.8 Å². The van der Waals surface area contributed by atoms with Crippen LogP contribution in [0.15, 0.2) is 12.3 Å². The highest BCUT2D eigenvalue weighted by molar-refractivity contribution is 4.96. The second-order valence-corrected chi connectivity index (χ2v) is 2.25. The van der Waals surface area contributed by atoms with Crippen LogP contribution in [0.25, 0.3) is 0 Å². The van der Waals surface area contributed by atoms with Crippen molar-refractivity contribution in [3.05, 3.63) is 18.0 Å². The van der Waals surface area contributed by atoms with Gasteiger partial charge in [-0.05, 0) is 25.3 Å². The van der Waals surface area contributed by atoms with Gasteiger partial charge < -0.3 is 5.11 Å². The standard InChI is InChI=1S/C7H12N2O/c10-6-2-1-3-7-4-5-8-9-7/h4-5,10H,1-3,6H2,(H,8,9). The maximum atomic E-state index is 8.47. The molecule has 0 fully saturated rings. The first-order chi connectivity index (χ1) is 4.93. The number of aryl methyl sites for hydroxylation is 1. The zero-order chi connectivity index (χ0) is 7.23. The van der Waals surface area contributed by atoms with Crippen LogP contribution in [0.2, 0.25) is 0 Å². The van der Waals surface area contributed by atoms with Gasteiger partial charge in [0.15, 0.2) is 0 Å². The van der Waals surface area contributed by atoms with E-state index in [9.17, 15) is 0 Å². The van der Waals surface area contributed by atoms with E-state index in [0.717, 1.165) is 25.0 Å². The number of rotatable bonds is 4. The highest BCUT2D eigenvalue weighted by atomic mass is 16.2. The van der Waals surface area contributed by atoms with Crippen molar-refractivity contribution in [1.29, 1.82) is 0 Å². The third-order valence-electron chi connectivity index (χ3n) is 1.40. The molecule has 2 N–H and O–H groups in total. The van der Waals surface area contributed by atoms with Crippen LogP contribution in [-0.4, -0.2) is 21.9 Å². The Balaban J connectivity index is 2.15. The second-order valence-electron chi connectivity index (χ2n) is 2.25. The van der Waals surface area contributed by atoms with Gasteiger partial charge in [0.1, 0.15) is 0 Å². The first-order valence-corrected chi connectivity index (χ1v) is 3.53. The fourth-order valence-electron chi connectivity index (χ4n) is 0.848. The lowest BCUT2D eigenvalue weighted by Gasteiger charge is -1.92. The molecule has 1 heterocycles. The molecule has 1 rings (SSSR count). The fraction of sp³-hybridized carbons (Fsp3) is 0.571. The van der Waals surface area contributed by atoms with Crippen LogP contribution in [0.1, 0.15) is 18.5 Å². The van der Waals surface area contributed by atoms with Gasteiger partial charge in [0.2, 0.25) is 0 Å². The van der Waals surface area contributed by atoms with Gasteiger partial charge in [-0.3, -0.25) is 5.10 Å². The lowest BCUT2D eigenvalue weighted by Crippen LogP contribution is -1.88. The van der Waals surface area contributed by atoms with Crippen LogP contribution in [-0.2, 0) is 6.42 Å². The summed E-state index contributed by atoms with van der Waals surface area (Å²) in [6.45, 7) is 0.282. The molecule has 0 bridgehead atoms. The van der Waals surface area contributed by atoms with Crippen molar-refractivity contribution in [2.24, 2.45) is 0 Å². The quantitative estimate of drug-likeness (QED) is 0.605. The number of unbranched alkanes of at least 4 members (excludes halogenated alkanes) is 1. The zero-order valence-electron chi connectivity index (χ0n) is 5.88. The summed E-state index contributed by atoms with van der Waals surface area (Å²) in [5.74, 6) is 0. The molecule has 56 valence electrons. The lowest BCUT2D eigenvalue weighted by molar-refractivity contribution is 0.284. The first kappa shape index (κ1) is 7.28. The molecule has 0 aliphatic heterocycles. The van der Waals surface area contributed by atoms with Crippen molar-refractivity contribution in [2.75, 3.05) is 6.61 Å². The van der Waals surface area contributed by atoms with Gasteiger partial charge in [-0.1, -0.05) is 0 Å². The molecular weight excluding hydrogens is 128 g/mol. The van der Waals surface area contributed by atoms with Crippen LogP contribution < -0.4 is 0 Å². The van der Waals surface area contributed by atoms with Crippen molar-refractivity contribution in [1.82, 2.24) is 10.2 Å². The number of hydrogen-bond acceptors (Lipinski definition) is 2. The summed E-state index contributed by atoms with van der Waals surface area (Å²) in [7, 11) is 0. The average molecular weight is 140 g/mol. The van der Waals surface area contributed by atoms with Gasteiger partial charge >= 0.3 is 0 Å². The van der Waals surface area contributed by atoms with Gasteiger partial charge in [-0.2, -0.15) is 5.10 Å². The molecule has 3 heteroatoms. The maximum absolute atomic E-state index is 8.47. The number of H-pyrrole nitrogens is 1. The minimum atomic E-state index is 0.282. The topological polar surface area (TPSA) is 48.9 Å². The summed E-state index contributed by atoms with van der Waals surface area (Å²) >= 11 is 0. The van der Waals surface area contributed by atoms with Gasteiger partial charge in [0.05, 0.1) is 5.69 Å². The third-order valence-corrected chi connectivity index (χ3v) is 1.40. The fourth-order valence-corrected chi connectivity index (χ4v) is 0.848. The Morgan fingerprint density at radius 3 is 3.00 bits per heavy atom. The molecule has 0 unspecified atom stereocenters. The van der Waals surface area contributed by atoms with Gasteiger partial charge in [-0.15, -0.1) is 0 Å². The molecular formula is C7H12N2O. The minimum absolute atomic E-state index is 0.282. The van der Waals surface area contributed by atoms with Crippen LogP contribution >= 0.6 is 0 Å². The number of nitrogens with one attached hydrogen (secondary N) is 1. The molecule has 0 atom stereocenters. The molecule has 1 aromatic rings. The highest BCUT2D eigenvalue weighted by Gasteiger charge is 1.92. The number of aliphatic hydroxyl groups excluding tert-OH is 1. The lowest BCUT2D eigenvalue weighted by atomic mass is 10.2. The van der Waals surface area contributed by atoms with Crippen molar-refractivity contribution >= 4 is 0 Å². The Labute approximate surface area is 60.1 Å². The SMILES string of the molecule is OCCCCc1cc[nH]n1. The van der Waals surface area contributed by atoms with Crippen molar-refractivity contribution in [3.8, 4) is 0 Å². The van der Waals surface area contributed by atoms with E-state index in [1.54, 1.807) is 0 Å². The van der Waals surface area contributed by atoms with E-state index in [0.29, 0.717) is 0 Å². The van der Waals surface area contributed by atoms with Crippen LogP contribution in [0.4, 0.5) is 0 Å². The molecule has 0 saturated carbocycles. The maximum Gasteiger partial charge on any atom is 0.0622 e. The molecule has 10 heavy (non-hydrogen) atoms. The normalized spacial score (nSPS) is 10.1. The van der Waals surface area contributed by atoms with Gasteiger partial charge in [-0.25, -0.2) is 0 Å². The number of aromatic nitrogens is 2. The third kappa shape index (κ3) is 2.19. The molecule has 0 radical (unpaired) electrons. The number of hydrogen-bond donors (Lipinski definition) is 2. The van der Waals surface area contributed by atoms with E-state index in [1.165, 1.54) is 0 Å². The van der Waals surface area contributed by atoms with Crippen molar-refractivity contribution in [2.45, 2.75) is 19.3 Å². The van der Waals surface area contributed by atoms with E-state index in [-0.39, 0.29) is 6.61 Å². The van der Waals surface area contributed by atoms with E-state index < -0.39 is 0 Å². The van der Waals surface area contributed by atoms with E-state index in [1.807, 2.05) is 12.3 Å². The second kappa shape index (κ2) is 4.06. The molecule has 0 aromatic carbocycles. The summed E-state index contributed by atoms with van der Waals surface area (Å²) in [6.07, 6.45) is 4.66. The Morgan fingerprint density at radius 2 is 2.40 bits per heavy atom. The predicted octanol–water partition coefficient (Wildman–Crippen LogP) is 0.725. The minimum Gasteiger partial charge on any atom is -0.396 e. The average Bonchev–Trinajstić information content (AvgIpc) is 2.41. The molecule has 0 amide bonds. The number of nitrogens with zero attached hydrogens (tertiary/aromatic N) is 1. The highest BCUT2D eigenvalue weighted by Crippen LogP contribution is 1.98. The monoisotopic (exact) mass is 140 g/mol. The Morgan fingerprint density at radius 1 is 1.50 bits per heavy atom. The molecule has 0 aliphatic rings. The molecule has 1 aromatic heterocycles. The zero-order valence-corrected chi connectivity index (χ0v) is 5.88. The summed E-state index contributed by atoms with van der Waals surface area (Å²) in [5.41, 5.74) is 1.08. The van der Waals surface area contributed by atoms with Crippen LogP contribution in [0, 0.1) is 0 Å². The Bertz CT molecular complexity index is 160. The number of aromatic amines is 1. The van der Waals surface area contributed by atoms with Gasteiger partial charge in [0.25, 0.3) is 0 Å². The summed E-state index contributed by atoms with van der Waals surface area (Å²) in [6, 6.07) is 1.96. The van der Waals surface area contributed by atoms with E-state index in [2.05, 4.69) is 10.2 Å². The van der Waals surface area contributed by atoms with Crippen LogP contribution in [0.5, 0.6) is 0 Å². The van der Waals surface area contributed by atoms with Crippen molar-refractivity contribution < 1.29 is 5.11 Å². The molecule has 3 nitrogen and oxygen atoms in total. The smallest absolute Gasteiger partial charge is 0.0622 e. The Hall–Kier alpha value is -0.830. The molecule has 0 saturated heterocycles. The van der Waals surface area contributed by atoms with E-state index >= 15 is 0 Å². The molecule has 0 aliphatic carbocycles. The summed E-state index contributed by atoms with van der Waals surface area (Å²) < 4.78 is 0. The molecule has 0 spiro atoms. The summed E-state index contributed by atoms with van der Waals surface area (Å²) in [4.78, 5) is 0. The van der Waals surface area contributed by atoms with Crippen LogP contribution in [0.3, 0.4) is 0 Å². The first-order valence-electron chi connectivity index (χ1n) is 3.53.